The second kappa shape index (κ2) is 6.07. The number of benzene rings is 1. The van der Waals surface area contributed by atoms with Crippen LogP contribution in [-0.4, -0.2) is 16.1 Å². The number of fused-ring (bicyclic) bond motifs is 1. The van der Waals surface area contributed by atoms with Gasteiger partial charge in [-0.3, -0.25) is 5.32 Å². The summed E-state index contributed by atoms with van der Waals surface area (Å²) in [7, 11) is 0. The highest BCUT2D eigenvalue weighted by Gasteiger charge is 2.32. The van der Waals surface area contributed by atoms with Gasteiger partial charge < -0.3 is 21.9 Å². The second-order valence-corrected chi connectivity index (χ2v) is 6.49. The molecule has 0 amide bonds. The first-order valence-electron chi connectivity index (χ1n) is 8.35. The normalized spacial score (nSPS) is 17.7. The Balaban J connectivity index is 1.89. The lowest BCUT2D eigenvalue weighted by Crippen LogP contribution is -2.32. The van der Waals surface area contributed by atoms with E-state index in [0.29, 0.717) is 17.0 Å². The maximum atomic E-state index is 10.6. The van der Waals surface area contributed by atoms with Gasteiger partial charge in [0.1, 0.15) is 35.1 Å². The van der Waals surface area contributed by atoms with Gasteiger partial charge in [0.15, 0.2) is 6.19 Å². The smallest absolute Gasteiger partial charge is 0.211 e. The third-order valence-electron chi connectivity index (χ3n) is 4.76. The maximum Gasteiger partial charge on any atom is 0.211 e. The Hall–Kier alpha value is -3.98. The third kappa shape index (κ3) is 2.71. The Morgan fingerprint density at radius 1 is 1.26 bits per heavy atom. The molecule has 1 aromatic heterocycles. The van der Waals surface area contributed by atoms with Crippen LogP contribution in [0.2, 0.25) is 0 Å². The Kier molecular flexibility index (Phi) is 3.71. The SMILES string of the molecule is N#CNC1=NC(c2ccc(C3CC3)cc2O)c2c(nc(N)c(C#N)c2N)N1. The monoisotopic (exact) mass is 360 g/mol. The topological polar surface area (TPSA) is 169 Å². The fourth-order valence-electron chi connectivity index (χ4n) is 3.27. The molecule has 1 fully saturated rings. The molecule has 9 nitrogen and oxygen atoms in total. The minimum Gasteiger partial charge on any atom is -0.508 e. The summed E-state index contributed by atoms with van der Waals surface area (Å²) in [4.78, 5) is 8.63. The summed E-state index contributed by atoms with van der Waals surface area (Å²) < 4.78 is 0. The van der Waals surface area contributed by atoms with E-state index in [9.17, 15) is 10.4 Å². The van der Waals surface area contributed by atoms with Crippen molar-refractivity contribution in [1.29, 1.82) is 10.5 Å². The van der Waals surface area contributed by atoms with Gasteiger partial charge in [-0.25, -0.2) is 9.98 Å². The lowest BCUT2D eigenvalue weighted by atomic mass is 9.93. The fourth-order valence-corrected chi connectivity index (χ4v) is 3.27. The number of nitriles is 2. The van der Waals surface area contributed by atoms with Crippen molar-refractivity contribution in [1.82, 2.24) is 10.3 Å². The van der Waals surface area contributed by atoms with Crippen molar-refractivity contribution in [3.05, 3.63) is 40.5 Å². The maximum absolute atomic E-state index is 10.6. The minimum absolute atomic E-state index is 0.0217. The lowest BCUT2D eigenvalue weighted by molar-refractivity contribution is 0.464. The standard InChI is InChI=1S/C18H16N8O/c19-6-11-14(21)13-15(10-4-3-9(5-12(10)27)8-1-2-8)24-18(23-7-20)26-17(13)25-16(11)22/h3-5,8,15,27H,1-2H2,(H6,21,22,23,24,25,26). The molecule has 0 bridgehead atoms. The zero-order valence-corrected chi connectivity index (χ0v) is 14.2. The molecular weight excluding hydrogens is 344 g/mol. The predicted molar refractivity (Wildman–Crippen MR) is 99.5 cm³/mol. The number of phenolic OH excluding ortho intramolecular Hbond substituents is 1. The van der Waals surface area contributed by atoms with Crippen LogP contribution in [0, 0.1) is 22.8 Å². The van der Waals surface area contributed by atoms with Gasteiger partial charge >= 0.3 is 0 Å². The van der Waals surface area contributed by atoms with E-state index in [1.807, 2.05) is 12.1 Å². The summed E-state index contributed by atoms with van der Waals surface area (Å²) in [5, 5.41) is 34.2. The first-order chi connectivity index (χ1) is 13.0. The number of aliphatic imine (C=N–C) groups is 1. The molecular formula is C18H16N8O. The predicted octanol–water partition coefficient (Wildman–Crippen LogP) is 1.64. The third-order valence-corrected chi connectivity index (χ3v) is 4.76. The van der Waals surface area contributed by atoms with Crippen LogP contribution in [0.15, 0.2) is 23.2 Å². The van der Waals surface area contributed by atoms with Crippen LogP contribution >= 0.6 is 0 Å². The van der Waals surface area contributed by atoms with Gasteiger partial charge in [-0.15, -0.1) is 0 Å². The molecule has 2 aromatic rings. The van der Waals surface area contributed by atoms with Crippen LogP contribution in [-0.2, 0) is 0 Å². The Morgan fingerprint density at radius 2 is 2.04 bits per heavy atom. The number of hydrogen-bond donors (Lipinski definition) is 5. The number of anilines is 3. The average Bonchev–Trinajstić information content (AvgIpc) is 3.46. The van der Waals surface area contributed by atoms with E-state index in [-0.39, 0.29) is 34.6 Å². The summed E-state index contributed by atoms with van der Waals surface area (Å²) in [6.45, 7) is 0. The number of rotatable bonds is 2. The minimum atomic E-state index is -0.745. The molecule has 0 spiro atoms. The molecule has 4 rings (SSSR count). The number of aromatic nitrogens is 1. The molecule has 1 aliphatic heterocycles. The Labute approximate surface area is 155 Å². The van der Waals surface area contributed by atoms with Crippen LogP contribution in [0.5, 0.6) is 5.75 Å². The number of nitrogens with zero attached hydrogens (tertiary/aromatic N) is 4. The first-order valence-corrected chi connectivity index (χ1v) is 8.35. The Bertz CT molecular complexity index is 1060. The van der Waals surface area contributed by atoms with Gasteiger partial charge in [0, 0.05) is 11.1 Å². The molecule has 1 aliphatic carbocycles. The van der Waals surface area contributed by atoms with Crippen molar-refractivity contribution in [2.45, 2.75) is 24.8 Å². The van der Waals surface area contributed by atoms with Crippen LogP contribution in [0.1, 0.15) is 47.1 Å². The molecule has 9 heteroatoms. The molecule has 2 heterocycles. The number of nitrogens with one attached hydrogen (secondary N) is 2. The number of nitrogen functional groups attached to an aromatic ring is 2. The van der Waals surface area contributed by atoms with Gasteiger partial charge in [-0.1, -0.05) is 12.1 Å². The van der Waals surface area contributed by atoms with Gasteiger partial charge in [0.2, 0.25) is 5.96 Å². The lowest BCUT2D eigenvalue weighted by Gasteiger charge is -2.26. The van der Waals surface area contributed by atoms with Crippen molar-refractivity contribution in [2.75, 3.05) is 16.8 Å². The number of aromatic hydroxyl groups is 1. The number of nitrogens with two attached hydrogens (primary N) is 2. The molecule has 134 valence electrons. The average molecular weight is 360 g/mol. The molecule has 0 saturated heterocycles. The van der Waals surface area contributed by atoms with Crippen LogP contribution in [0.25, 0.3) is 0 Å². The van der Waals surface area contributed by atoms with Crippen LogP contribution < -0.4 is 22.1 Å². The van der Waals surface area contributed by atoms with Gasteiger partial charge in [-0.2, -0.15) is 10.5 Å². The number of pyridine rings is 1. The number of phenols is 1. The highest BCUT2D eigenvalue weighted by atomic mass is 16.3. The zero-order chi connectivity index (χ0) is 19.1. The largest absolute Gasteiger partial charge is 0.508 e. The summed E-state index contributed by atoms with van der Waals surface area (Å²) in [5.74, 6) is 0.976. The van der Waals surface area contributed by atoms with Crippen LogP contribution in [0.3, 0.4) is 0 Å². The van der Waals surface area contributed by atoms with Crippen molar-refractivity contribution in [2.24, 2.45) is 4.99 Å². The van der Waals surface area contributed by atoms with E-state index in [2.05, 4.69) is 20.6 Å². The number of guanidine groups is 1. The van der Waals surface area contributed by atoms with E-state index >= 15 is 0 Å². The van der Waals surface area contributed by atoms with Crippen molar-refractivity contribution in [3.8, 4) is 18.0 Å². The number of hydrogen-bond acceptors (Lipinski definition) is 9. The molecule has 1 saturated carbocycles. The molecule has 0 radical (unpaired) electrons. The molecule has 7 N–H and O–H groups in total. The van der Waals surface area contributed by atoms with Gasteiger partial charge in [0.05, 0.1) is 5.69 Å². The summed E-state index contributed by atoms with van der Waals surface area (Å²) >= 11 is 0. The second-order valence-electron chi connectivity index (χ2n) is 6.49. The van der Waals surface area contributed by atoms with E-state index < -0.39 is 6.04 Å². The van der Waals surface area contributed by atoms with E-state index in [0.717, 1.165) is 18.4 Å². The van der Waals surface area contributed by atoms with E-state index in [1.165, 1.54) is 0 Å². The quantitative estimate of drug-likeness (QED) is 0.397. The molecule has 1 atom stereocenters. The molecule has 1 unspecified atom stereocenters. The van der Waals surface area contributed by atoms with Crippen molar-refractivity contribution in [3.63, 3.8) is 0 Å². The van der Waals surface area contributed by atoms with E-state index in [1.54, 1.807) is 18.3 Å². The van der Waals surface area contributed by atoms with Gasteiger partial charge in [0.25, 0.3) is 0 Å². The van der Waals surface area contributed by atoms with Gasteiger partial charge in [-0.05, 0) is 30.4 Å². The van der Waals surface area contributed by atoms with Crippen LogP contribution in [0.4, 0.5) is 17.3 Å². The fraction of sp³-hybridized carbons (Fsp3) is 0.222. The molecule has 1 aromatic carbocycles. The molecule has 27 heavy (non-hydrogen) atoms. The summed E-state index contributed by atoms with van der Waals surface area (Å²) in [5.41, 5.74) is 14.2. The summed E-state index contributed by atoms with van der Waals surface area (Å²) in [6.07, 6.45) is 4.02. The van der Waals surface area contributed by atoms with E-state index in [4.69, 9.17) is 16.7 Å². The Morgan fingerprint density at radius 3 is 2.67 bits per heavy atom. The highest BCUT2D eigenvalue weighted by molar-refractivity contribution is 5.98. The zero-order valence-electron chi connectivity index (χ0n) is 14.2. The van der Waals surface area contributed by atoms with Crippen molar-refractivity contribution >= 4 is 23.3 Å². The summed E-state index contributed by atoms with van der Waals surface area (Å²) in [6, 6.07) is 6.68. The first kappa shape index (κ1) is 16.5. The highest BCUT2D eigenvalue weighted by Crippen LogP contribution is 2.46. The molecule has 2 aliphatic rings. The van der Waals surface area contributed by atoms with Crippen molar-refractivity contribution < 1.29 is 5.11 Å².